The third kappa shape index (κ3) is 4.14. The van der Waals surface area contributed by atoms with Gasteiger partial charge in [0.05, 0.1) is 22.7 Å². The number of ether oxygens (including phenoxy) is 1. The third-order valence-electron chi connectivity index (χ3n) is 6.25. The number of hydrogen-bond donors (Lipinski definition) is 2. The summed E-state index contributed by atoms with van der Waals surface area (Å²) in [6.45, 7) is 7.31. The highest BCUT2D eigenvalue weighted by molar-refractivity contribution is 6.34. The minimum absolute atomic E-state index is 0.0222. The van der Waals surface area contributed by atoms with E-state index < -0.39 is 5.54 Å². The van der Waals surface area contributed by atoms with Crippen LogP contribution in [0.3, 0.4) is 0 Å². The molecule has 2 aromatic carbocycles. The molecule has 0 aromatic heterocycles. The number of hydrogen-bond acceptors (Lipinski definition) is 5. The molecule has 3 N–H and O–H groups in total. The fraction of sp³-hybridized carbons (Fsp3) is 0.417. The van der Waals surface area contributed by atoms with Gasteiger partial charge in [-0.25, -0.2) is 4.99 Å². The average molecular weight is 441 g/mol. The number of amides is 1. The number of guanidine groups is 1. The smallest absolute Gasteiger partial charge is 0.232 e. The van der Waals surface area contributed by atoms with Crippen molar-refractivity contribution in [2.75, 3.05) is 18.5 Å². The number of carbonyl (C=O) groups is 1. The Labute approximate surface area is 188 Å². The van der Waals surface area contributed by atoms with Crippen LogP contribution in [-0.2, 0) is 15.1 Å². The SMILES string of the molecule is Cc1cccc(C)c1Nc1cccc([C@]2(C)CC(=O)N(C3CCOCC3)C(N)=N2)c1Cl. The van der Waals surface area contributed by atoms with Crippen LogP contribution in [0.4, 0.5) is 11.4 Å². The highest BCUT2D eigenvalue weighted by Crippen LogP contribution is 2.41. The molecule has 7 heteroatoms. The van der Waals surface area contributed by atoms with Crippen molar-refractivity contribution in [3.05, 3.63) is 58.1 Å². The van der Waals surface area contributed by atoms with Crippen LogP contribution in [0.15, 0.2) is 41.4 Å². The lowest BCUT2D eigenvalue weighted by Crippen LogP contribution is -2.55. The molecule has 31 heavy (non-hydrogen) atoms. The van der Waals surface area contributed by atoms with Crippen LogP contribution >= 0.6 is 11.6 Å². The maximum atomic E-state index is 13.1. The molecule has 0 spiro atoms. The molecule has 6 nitrogen and oxygen atoms in total. The fourth-order valence-corrected chi connectivity index (χ4v) is 4.91. The number of rotatable bonds is 4. The Hall–Kier alpha value is -2.57. The Morgan fingerprint density at radius 1 is 1.16 bits per heavy atom. The van der Waals surface area contributed by atoms with Crippen LogP contribution in [0.5, 0.6) is 0 Å². The Bertz CT molecular complexity index is 1010. The van der Waals surface area contributed by atoms with E-state index in [0.29, 0.717) is 18.2 Å². The molecule has 4 rings (SSSR count). The van der Waals surface area contributed by atoms with Gasteiger partial charge < -0.3 is 15.8 Å². The standard InChI is InChI=1S/C24H29ClN4O2/c1-15-6-4-7-16(2)22(15)27-19-9-5-8-18(21(19)25)24(3)14-20(30)29(23(26)28-24)17-10-12-31-13-11-17/h4-9,17,27H,10-14H2,1-3H3,(H2,26,28)/t24-/m0/s1. The number of nitrogens with two attached hydrogens (primary N) is 1. The van der Waals surface area contributed by atoms with Crippen LogP contribution in [0, 0.1) is 13.8 Å². The van der Waals surface area contributed by atoms with Crippen molar-refractivity contribution in [1.82, 2.24) is 4.90 Å². The van der Waals surface area contributed by atoms with Gasteiger partial charge in [-0.3, -0.25) is 9.69 Å². The molecule has 0 aliphatic carbocycles. The summed E-state index contributed by atoms with van der Waals surface area (Å²) in [4.78, 5) is 19.6. The Morgan fingerprint density at radius 2 is 1.81 bits per heavy atom. The summed E-state index contributed by atoms with van der Waals surface area (Å²) in [6, 6.07) is 12.0. The zero-order valence-electron chi connectivity index (χ0n) is 18.2. The van der Waals surface area contributed by atoms with E-state index in [1.165, 1.54) is 0 Å². The molecule has 164 valence electrons. The molecule has 2 aliphatic rings. The first-order valence-electron chi connectivity index (χ1n) is 10.7. The second-order valence-electron chi connectivity index (χ2n) is 8.59. The van der Waals surface area contributed by atoms with Gasteiger partial charge in [-0.15, -0.1) is 0 Å². The van der Waals surface area contributed by atoms with Crippen LogP contribution in [-0.4, -0.2) is 36.0 Å². The summed E-state index contributed by atoms with van der Waals surface area (Å²) in [5, 5.41) is 4.02. The lowest BCUT2D eigenvalue weighted by Gasteiger charge is -2.40. The van der Waals surface area contributed by atoms with Crippen LogP contribution in [0.2, 0.25) is 5.02 Å². The van der Waals surface area contributed by atoms with Gasteiger partial charge in [0, 0.05) is 30.5 Å². The molecular weight excluding hydrogens is 412 g/mol. The van der Waals surface area contributed by atoms with Crippen molar-refractivity contribution < 1.29 is 9.53 Å². The Kier molecular flexibility index (Phi) is 5.95. The van der Waals surface area contributed by atoms with E-state index in [4.69, 9.17) is 27.1 Å². The van der Waals surface area contributed by atoms with Crippen molar-refractivity contribution in [3.63, 3.8) is 0 Å². The Morgan fingerprint density at radius 3 is 2.45 bits per heavy atom. The topological polar surface area (TPSA) is 80.0 Å². The maximum absolute atomic E-state index is 13.1. The van der Waals surface area contributed by atoms with E-state index in [1.54, 1.807) is 4.90 Å². The lowest BCUT2D eigenvalue weighted by atomic mass is 9.86. The van der Waals surface area contributed by atoms with Crippen molar-refractivity contribution in [3.8, 4) is 0 Å². The molecule has 0 saturated carbocycles. The molecule has 0 radical (unpaired) electrons. The molecule has 2 aliphatic heterocycles. The second kappa shape index (κ2) is 8.52. The number of nitrogens with one attached hydrogen (secondary N) is 1. The highest BCUT2D eigenvalue weighted by atomic mass is 35.5. The first kappa shape index (κ1) is 21.7. The summed E-state index contributed by atoms with van der Waals surface area (Å²) in [5.41, 5.74) is 10.4. The summed E-state index contributed by atoms with van der Waals surface area (Å²) in [7, 11) is 0. The number of aliphatic imine (C=N–C) groups is 1. The molecule has 0 unspecified atom stereocenters. The monoisotopic (exact) mass is 440 g/mol. The van der Waals surface area contributed by atoms with E-state index in [1.807, 2.05) is 31.2 Å². The minimum Gasteiger partial charge on any atom is -0.381 e. The number of carbonyl (C=O) groups excluding carboxylic acids is 1. The van der Waals surface area contributed by atoms with Gasteiger partial charge in [0.2, 0.25) is 5.91 Å². The van der Waals surface area contributed by atoms with Crippen LogP contribution < -0.4 is 11.1 Å². The molecule has 2 heterocycles. The van der Waals surface area contributed by atoms with Crippen molar-refractivity contribution in [2.45, 2.75) is 51.6 Å². The van der Waals surface area contributed by atoms with Crippen LogP contribution in [0.1, 0.15) is 42.9 Å². The minimum atomic E-state index is -0.821. The van der Waals surface area contributed by atoms with E-state index in [2.05, 4.69) is 31.3 Å². The van der Waals surface area contributed by atoms with Crippen molar-refractivity contribution >= 4 is 34.8 Å². The fourth-order valence-electron chi connectivity index (χ4n) is 4.53. The zero-order valence-corrected chi connectivity index (χ0v) is 19.0. The van der Waals surface area contributed by atoms with Crippen LogP contribution in [0.25, 0.3) is 0 Å². The van der Waals surface area contributed by atoms with Gasteiger partial charge in [-0.2, -0.15) is 0 Å². The molecule has 1 saturated heterocycles. The lowest BCUT2D eigenvalue weighted by molar-refractivity contribution is -0.132. The second-order valence-corrected chi connectivity index (χ2v) is 8.96. The summed E-state index contributed by atoms with van der Waals surface area (Å²) < 4.78 is 5.42. The number of anilines is 2. The van der Waals surface area contributed by atoms with Crippen molar-refractivity contribution in [2.24, 2.45) is 10.7 Å². The number of halogens is 1. The van der Waals surface area contributed by atoms with Gasteiger partial charge in [-0.1, -0.05) is 41.9 Å². The molecule has 1 atom stereocenters. The normalized spacial score (nSPS) is 22.4. The first-order valence-corrected chi connectivity index (χ1v) is 11.1. The molecule has 0 bridgehead atoms. The number of aryl methyl sites for hydroxylation is 2. The van der Waals surface area contributed by atoms with Gasteiger partial charge in [0.25, 0.3) is 0 Å². The number of benzene rings is 2. The molecule has 2 aromatic rings. The van der Waals surface area contributed by atoms with Crippen molar-refractivity contribution in [1.29, 1.82) is 0 Å². The van der Waals surface area contributed by atoms with E-state index in [9.17, 15) is 4.79 Å². The van der Waals surface area contributed by atoms with E-state index >= 15 is 0 Å². The predicted molar refractivity (Wildman–Crippen MR) is 125 cm³/mol. The van der Waals surface area contributed by atoms with Gasteiger partial charge in [-0.05, 0) is 50.8 Å². The van der Waals surface area contributed by atoms with Gasteiger partial charge in [0.1, 0.15) is 0 Å². The highest BCUT2D eigenvalue weighted by Gasteiger charge is 2.41. The number of para-hydroxylation sites is 1. The van der Waals surface area contributed by atoms with Gasteiger partial charge >= 0.3 is 0 Å². The van der Waals surface area contributed by atoms with Gasteiger partial charge in [0.15, 0.2) is 5.96 Å². The molecule has 1 fully saturated rings. The summed E-state index contributed by atoms with van der Waals surface area (Å²) >= 11 is 6.85. The average Bonchev–Trinajstić information content (AvgIpc) is 2.72. The van der Waals surface area contributed by atoms with E-state index in [-0.39, 0.29) is 24.3 Å². The third-order valence-corrected chi connectivity index (χ3v) is 6.66. The maximum Gasteiger partial charge on any atom is 0.232 e. The summed E-state index contributed by atoms with van der Waals surface area (Å²) in [6.07, 6.45) is 1.76. The quantitative estimate of drug-likeness (QED) is 0.725. The largest absolute Gasteiger partial charge is 0.381 e. The Balaban J connectivity index is 1.67. The van der Waals surface area contributed by atoms with E-state index in [0.717, 1.165) is 40.9 Å². The molecular formula is C24H29ClN4O2. The zero-order chi connectivity index (χ0) is 22.2. The predicted octanol–water partition coefficient (Wildman–Crippen LogP) is 4.64. The summed E-state index contributed by atoms with van der Waals surface area (Å²) in [5.74, 6) is 0.237. The number of nitrogens with zero attached hydrogens (tertiary/aromatic N) is 2. The molecule has 1 amide bonds. The first-order chi connectivity index (χ1) is 14.8.